The molecule has 0 heterocycles. The number of rotatable bonds is 7. The monoisotopic (exact) mass is 214 g/mol. The third-order valence-corrected chi connectivity index (χ3v) is 3.24. The Kier molecular flexibility index (Phi) is 5.05. The van der Waals surface area contributed by atoms with E-state index in [-0.39, 0.29) is 11.4 Å². The van der Waals surface area contributed by atoms with E-state index in [9.17, 15) is 4.79 Å². The minimum absolute atomic E-state index is 0.0618. The average molecular weight is 214 g/mol. The van der Waals surface area contributed by atoms with Gasteiger partial charge in [-0.25, -0.2) is 0 Å². The summed E-state index contributed by atoms with van der Waals surface area (Å²) in [6.45, 7) is 3.77. The normalized spacial score (nSPS) is 18.3. The van der Waals surface area contributed by atoms with E-state index in [1.54, 1.807) is 7.11 Å². The van der Waals surface area contributed by atoms with Crippen LogP contribution in [0.25, 0.3) is 0 Å². The molecular formula is C11H22N2O2. The van der Waals surface area contributed by atoms with Crippen molar-refractivity contribution in [1.82, 2.24) is 10.6 Å². The van der Waals surface area contributed by atoms with Crippen molar-refractivity contribution in [3.8, 4) is 0 Å². The number of carbonyl (C=O) groups excluding carboxylic acids is 1. The van der Waals surface area contributed by atoms with Gasteiger partial charge in [-0.2, -0.15) is 0 Å². The first kappa shape index (κ1) is 12.5. The molecule has 1 aliphatic rings. The lowest BCUT2D eigenvalue weighted by Gasteiger charge is -2.42. The fourth-order valence-corrected chi connectivity index (χ4v) is 1.88. The van der Waals surface area contributed by atoms with Gasteiger partial charge in [0.2, 0.25) is 5.91 Å². The van der Waals surface area contributed by atoms with Gasteiger partial charge >= 0.3 is 0 Å². The number of carbonyl (C=O) groups is 1. The molecule has 15 heavy (non-hydrogen) atoms. The van der Waals surface area contributed by atoms with Crippen LogP contribution in [-0.2, 0) is 9.53 Å². The Bertz CT molecular complexity index is 197. The third kappa shape index (κ3) is 3.80. The quantitative estimate of drug-likeness (QED) is 0.612. The molecule has 0 radical (unpaired) electrons. The largest absolute Gasteiger partial charge is 0.383 e. The minimum Gasteiger partial charge on any atom is -0.383 e. The molecule has 1 fully saturated rings. The van der Waals surface area contributed by atoms with Crippen molar-refractivity contribution in [3.63, 3.8) is 0 Å². The highest BCUT2D eigenvalue weighted by molar-refractivity contribution is 5.78. The molecular weight excluding hydrogens is 192 g/mol. The van der Waals surface area contributed by atoms with Crippen LogP contribution in [-0.4, -0.2) is 38.3 Å². The molecule has 4 heteroatoms. The van der Waals surface area contributed by atoms with E-state index >= 15 is 0 Å². The van der Waals surface area contributed by atoms with Crippen LogP contribution >= 0.6 is 0 Å². The molecule has 0 aromatic rings. The van der Waals surface area contributed by atoms with Crippen molar-refractivity contribution in [3.05, 3.63) is 0 Å². The van der Waals surface area contributed by atoms with Gasteiger partial charge in [0.25, 0.3) is 0 Å². The Labute approximate surface area is 91.8 Å². The molecule has 0 atom stereocenters. The van der Waals surface area contributed by atoms with Gasteiger partial charge in [0.15, 0.2) is 0 Å². The first-order valence-corrected chi connectivity index (χ1v) is 5.73. The Morgan fingerprint density at radius 1 is 1.47 bits per heavy atom. The van der Waals surface area contributed by atoms with E-state index in [1.165, 1.54) is 19.3 Å². The fraction of sp³-hybridized carbons (Fsp3) is 0.909. The highest BCUT2D eigenvalue weighted by Gasteiger charge is 2.34. The summed E-state index contributed by atoms with van der Waals surface area (Å²) in [4.78, 5) is 11.4. The van der Waals surface area contributed by atoms with Gasteiger partial charge in [0.05, 0.1) is 13.2 Å². The van der Waals surface area contributed by atoms with Gasteiger partial charge in [0, 0.05) is 19.2 Å². The van der Waals surface area contributed by atoms with E-state index in [0.29, 0.717) is 19.7 Å². The number of amides is 1. The number of hydrogen-bond acceptors (Lipinski definition) is 3. The van der Waals surface area contributed by atoms with Gasteiger partial charge in [-0.15, -0.1) is 0 Å². The molecule has 0 aromatic heterocycles. The zero-order chi connectivity index (χ0) is 11.1. The fourth-order valence-electron chi connectivity index (χ4n) is 1.88. The van der Waals surface area contributed by atoms with Gasteiger partial charge in [0.1, 0.15) is 0 Å². The smallest absolute Gasteiger partial charge is 0.234 e. The van der Waals surface area contributed by atoms with E-state index in [1.807, 2.05) is 0 Å². The van der Waals surface area contributed by atoms with Crippen molar-refractivity contribution < 1.29 is 9.53 Å². The van der Waals surface area contributed by atoms with Crippen molar-refractivity contribution in [2.75, 3.05) is 26.8 Å². The maximum absolute atomic E-state index is 11.4. The van der Waals surface area contributed by atoms with Gasteiger partial charge in [-0.3, -0.25) is 4.79 Å². The SMILES string of the molecule is CCC1(NCC(=O)NCCOC)CCC1. The maximum Gasteiger partial charge on any atom is 0.234 e. The number of ether oxygens (including phenoxy) is 1. The van der Waals surface area contributed by atoms with Crippen molar-refractivity contribution >= 4 is 5.91 Å². The Balaban J connectivity index is 2.10. The molecule has 88 valence electrons. The summed E-state index contributed by atoms with van der Waals surface area (Å²) in [6, 6.07) is 0. The van der Waals surface area contributed by atoms with Gasteiger partial charge in [-0.05, 0) is 25.7 Å². The summed E-state index contributed by atoms with van der Waals surface area (Å²) < 4.78 is 4.86. The lowest BCUT2D eigenvalue weighted by molar-refractivity contribution is -0.121. The predicted octanol–water partition coefficient (Wildman–Crippen LogP) is 0.671. The molecule has 0 saturated heterocycles. The van der Waals surface area contributed by atoms with Crippen LogP contribution in [0.3, 0.4) is 0 Å². The van der Waals surface area contributed by atoms with E-state index < -0.39 is 0 Å². The Hall–Kier alpha value is -0.610. The maximum atomic E-state index is 11.4. The minimum atomic E-state index is 0.0618. The topological polar surface area (TPSA) is 50.4 Å². The van der Waals surface area contributed by atoms with Crippen LogP contribution in [0.15, 0.2) is 0 Å². The molecule has 2 N–H and O–H groups in total. The highest BCUT2D eigenvalue weighted by Crippen LogP contribution is 2.34. The molecule has 0 spiro atoms. The molecule has 4 nitrogen and oxygen atoms in total. The molecule has 1 aliphatic carbocycles. The van der Waals surface area contributed by atoms with Crippen LogP contribution < -0.4 is 10.6 Å². The second kappa shape index (κ2) is 6.08. The lowest BCUT2D eigenvalue weighted by atomic mass is 9.75. The Morgan fingerprint density at radius 3 is 2.67 bits per heavy atom. The standard InChI is InChI=1S/C11H22N2O2/c1-3-11(5-4-6-11)13-9-10(14)12-7-8-15-2/h13H,3-9H2,1-2H3,(H,12,14). The molecule has 0 bridgehead atoms. The van der Waals surface area contributed by atoms with Crippen LogP contribution in [0.5, 0.6) is 0 Å². The molecule has 0 unspecified atom stereocenters. The van der Waals surface area contributed by atoms with Crippen LogP contribution in [0.1, 0.15) is 32.6 Å². The molecule has 1 amide bonds. The average Bonchev–Trinajstić information content (AvgIpc) is 2.17. The van der Waals surface area contributed by atoms with Crippen LogP contribution in [0, 0.1) is 0 Å². The number of hydrogen-bond donors (Lipinski definition) is 2. The molecule has 1 rings (SSSR count). The summed E-state index contributed by atoms with van der Waals surface area (Å²) in [7, 11) is 1.63. The van der Waals surface area contributed by atoms with E-state index in [0.717, 1.165) is 6.42 Å². The van der Waals surface area contributed by atoms with Crippen molar-refractivity contribution in [1.29, 1.82) is 0 Å². The summed E-state index contributed by atoms with van der Waals surface area (Å²) in [6.07, 6.45) is 4.80. The highest BCUT2D eigenvalue weighted by atomic mass is 16.5. The third-order valence-electron chi connectivity index (χ3n) is 3.24. The van der Waals surface area contributed by atoms with E-state index in [2.05, 4.69) is 17.6 Å². The Morgan fingerprint density at radius 2 is 2.20 bits per heavy atom. The molecule has 1 saturated carbocycles. The van der Waals surface area contributed by atoms with E-state index in [4.69, 9.17) is 4.74 Å². The second-order valence-corrected chi connectivity index (χ2v) is 4.18. The van der Waals surface area contributed by atoms with Crippen LogP contribution in [0.2, 0.25) is 0 Å². The summed E-state index contributed by atoms with van der Waals surface area (Å²) in [5.41, 5.74) is 0.249. The first-order chi connectivity index (χ1) is 7.22. The van der Waals surface area contributed by atoms with Gasteiger partial charge in [-0.1, -0.05) is 6.92 Å². The first-order valence-electron chi connectivity index (χ1n) is 5.73. The molecule has 0 aromatic carbocycles. The number of methoxy groups -OCH3 is 1. The van der Waals surface area contributed by atoms with Gasteiger partial charge < -0.3 is 15.4 Å². The predicted molar refractivity (Wildman–Crippen MR) is 59.8 cm³/mol. The summed E-state index contributed by atoms with van der Waals surface area (Å²) in [5.74, 6) is 0.0618. The second-order valence-electron chi connectivity index (χ2n) is 4.18. The van der Waals surface area contributed by atoms with Crippen molar-refractivity contribution in [2.45, 2.75) is 38.1 Å². The zero-order valence-corrected chi connectivity index (χ0v) is 9.77. The van der Waals surface area contributed by atoms with Crippen LogP contribution in [0.4, 0.5) is 0 Å². The summed E-state index contributed by atoms with van der Waals surface area (Å²) >= 11 is 0. The lowest BCUT2D eigenvalue weighted by Crippen LogP contribution is -2.53. The summed E-state index contributed by atoms with van der Waals surface area (Å²) in [5, 5.41) is 6.16. The number of nitrogens with one attached hydrogen (secondary N) is 2. The zero-order valence-electron chi connectivity index (χ0n) is 9.77. The van der Waals surface area contributed by atoms with Crippen molar-refractivity contribution in [2.24, 2.45) is 0 Å². The molecule has 0 aliphatic heterocycles.